The molecule has 0 amide bonds. The van der Waals surface area contributed by atoms with E-state index < -0.39 is 10.0 Å². The molecule has 23 heavy (non-hydrogen) atoms. The molecule has 1 saturated heterocycles. The van der Waals surface area contributed by atoms with Gasteiger partial charge in [-0.15, -0.1) is 12.4 Å². The normalized spacial score (nSPS) is 21.7. The number of sulfonamides is 1. The maximum Gasteiger partial charge on any atom is 0.243 e. The highest BCUT2D eigenvalue weighted by Gasteiger charge is 2.38. The Morgan fingerprint density at radius 1 is 1.30 bits per heavy atom. The summed E-state index contributed by atoms with van der Waals surface area (Å²) in [5.74, 6) is 0. The van der Waals surface area contributed by atoms with E-state index in [1.807, 2.05) is 26.0 Å². The van der Waals surface area contributed by atoms with E-state index in [0.29, 0.717) is 31.0 Å². The van der Waals surface area contributed by atoms with Crippen molar-refractivity contribution in [3.63, 3.8) is 0 Å². The third-order valence-corrected chi connectivity index (χ3v) is 6.29. The van der Waals surface area contributed by atoms with Crippen LogP contribution < -0.4 is 5.73 Å². The molecule has 1 aliphatic rings. The molecule has 5 nitrogen and oxygen atoms in total. The number of halogens is 1. The van der Waals surface area contributed by atoms with E-state index in [-0.39, 0.29) is 23.9 Å². The predicted octanol–water partition coefficient (Wildman–Crippen LogP) is 2.05. The molecule has 7 heteroatoms. The molecule has 0 aliphatic carbocycles. The summed E-state index contributed by atoms with van der Waals surface area (Å²) >= 11 is 0. The third-order valence-electron chi connectivity index (χ3n) is 4.43. The van der Waals surface area contributed by atoms with Crippen LogP contribution in [0.25, 0.3) is 0 Å². The van der Waals surface area contributed by atoms with Crippen molar-refractivity contribution in [3.05, 3.63) is 29.8 Å². The monoisotopic (exact) mass is 362 g/mol. The van der Waals surface area contributed by atoms with Crippen molar-refractivity contribution in [2.45, 2.75) is 37.6 Å². The standard InChI is InChI=1S/C16H26N2O3S.ClH/c1-16(2)12-18(10-8-15(16)17)22(19,20)14-6-4-13(5-7-14)9-11-21-3;/h4-7,15H,8-12,17H2,1-3H3;1H. The zero-order valence-electron chi connectivity index (χ0n) is 14.0. The van der Waals surface area contributed by atoms with Crippen LogP contribution in [-0.2, 0) is 21.2 Å². The lowest BCUT2D eigenvalue weighted by Crippen LogP contribution is -2.53. The average molecular weight is 363 g/mol. The Morgan fingerprint density at radius 2 is 1.91 bits per heavy atom. The molecule has 1 aliphatic heterocycles. The average Bonchev–Trinajstić information content (AvgIpc) is 2.48. The lowest BCUT2D eigenvalue weighted by Gasteiger charge is -2.41. The van der Waals surface area contributed by atoms with Gasteiger partial charge in [-0.1, -0.05) is 26.0 Å². The second-order valence-electron chi connectivity index (χ2n) is 6.61. The number of rotatable bonds is 5. The molecule has 1 heterocycles. The number of nitrogens with two attached hydrogens (primary N) is 1. The molecule has 0 saturated carbocycles. The first kappa shape index (κ1) is 20.4. The SMILES string of the molecule is COCCc1ccc(S(=O)(=O)N2CCC(N)C(C)(C)C2)cc1.Cl. The summed E-state index contributed by atoms with van der Waals surface area (Å²) in [7, 11) is -1.79. The molecule has 1 aromatic carbocycles. The summed E-state index contributed by atoms with van der Waals surface area (Å²) in [4.78, 5) is 0.347. The van der Waals surface area contributed by atoms with Crippen molar-refractivity contribution in [2.75, 3.05) is 26.8 Å². The van der Waals surface area contributed by atoms with Crippen LogP contribution in [0, 0.1) is 5.41 Å². The fourth-order valence-electron chi connectivity index (χ4n) is 2.73. The van der Waals surface area contributed by atoms with Crippen LogP contribution in [0.1, 0.15) is 25.8 Å². The van der Waals surface area contributed by atoms with Gasteiger partial charge in [-0.3, -0.25) is 0 Å². The van der Waals surface area contributed by atoms with Gasteiger partial charge < -0.3 is 10.5 Å². The molecule has 1 unspecified atom stereocenters. The fourth-order valence-corrected chi connectivity index (χ4v) is 4.35. The molecule has 132 valence electrons. The number of ether oxygens (including phenoxy) is 1. The van der Waals surface area contributed by atoms with Gasteiger partial charge in [-0.05, 0) is 36.0 Å². The zero-order chi connectivity index (χ0) is 16.4. The molecular weight excluding hydrogens is 336 g/mol. The molecule has 1 atom stereocenters. The van der Waals surface area contributed by atoms with E-state index in [9.17, 15) is 8.42 Å². The lowest BCUT2D eigenvalue weighted by molar-refractivity contribution is 0.155. The van der Waals surface area contributed by atoms with E-state index in [1.54, 1.807) is 23.5 Å². The largest absolute Gasteiger partial charge is 0.384 e. The van der Waals surface area contributed by atoms with Crippen molar-refractivity contribution in [1.29, 1.82) is 0 Å². The van der Waals surface area contributed by atoms with Gasteiger partial charge in [0.25, 0.3) is 0 Å². The van der Waals surface area contributed by atoms with Gasteiger partial charge in [0.2, 0.25) is 10.0 Å². The molecule has 0 aromatic heterocycles. The summed E-state index contributed by atoms with van der Waals surface area (Å²) in [6.45, 7) is 5.62. The van der Waals surface area contributed by atoms with Gasteiger partial charge in [0.05, 0.1) is 11.5 Å². The fraction of sp³-hybridized carbons (Fsp3) is 0.625. The predicted molar refractivity (Wildman–Crippen MR) is 94.4 cm³/mol. The first-order chi connectivity index (χ1) is 10.3. The summed E-state index contributed by atoms with van der Waals surface area (Å²) in [5, 5.41) is 0. The van der Waals surface area contributed by atoms with E-state index >= 15 is 0 Å². The molecular formula is C16H27ClN2O3S. The van der Waals surface area contributed by atoms with Crippen LogP contribution in [0.3, 0.4) is 0 Å². The summed E-state index contributed by atoms with van der Waals surface area (Å²) in [6, 6.07) is 7.11. The summed E-state index contributed by atoms with van der Waals surface area (Å²) < 4.78 is 32.1. The van der Waals surface area contributed by atoms with Gasteiger partial charge >= 0.3 is 0 Å². The van der Waals surface area contributed by atoms with E-state index in [0.717, 1.165) is 12.0 Å². The maximum absolute atomic E-state index is 12.8. The number of hydrogen-bond donors (Lipinski definition) is 1. The number of benzene rings is 1. The number of hydrogen-bond acceptors (Lipinski definition) is 4. The first-order valence-corrected chi connectivity index (χ1v) is 9.05. The Morgan fingerprint density at radius 3 is 2.43 bits per heavy atom. The van der Waals surface area contributed by atoms with Gasteiger partial charge in [0, 0.05) is 26.2 Å². The minimum atomic E-state index is -3.45. The maximum atomic E-state index is 12.8. The first-order valence-electron chi connectivity index (χ1n) is 7.61. The topological polar surface area (TPSA) is 72.6 Å². The van der Waals surface area contributed by atoms with Crippen molar-refractivity contribution >= 4 is 22.4 Å². The molecule has 0 bridgehead atoms. The number of methoxy groups -OCH3 is 1. The Labute approximate surface area is 145 Å². The molecule has 1 aromatic rings. The van der Waals surface area contributed by atoms with Crippen LogP contribution in [-0.4, -0.2) is 45.6 Å². The number of piperidine rings is 1. The Hall–Kier alpha value is -0.660. The van der Waals surface area contributed by atoms with Gasteiger partial charge in [-0.25, -0.2) is 8.42 Å². The highest BCUT2D eigenvalue weighted by molar-refractivity contribution is 7.89. The summed E-state index contributed by atoms with van der Waals surface area (Å²) in [5.41, 5.74) is 6.96. The Balaban J connectivity index is 0.00000264. The minimum absolute atomic E-state index is 0. The van der Waals surface area contributed by atoms with E-state index in [1.165, 1.54) is 0 Å². The van der Waals surface area contributed by atoms with Gasteiger partial charge in [-0.2, -0.15) is 4.31 Å². The molecule has 0 spiro atoms. The third kappa shape index (κ3) is 4.67. The molecule has 2 rings (SSSR count). The highest BCUT2D eigenvalue weighted by Crippen LogP contribution is 2.31. The Kier molecular flexibility index (Phi) is 7.04. The van der Waals surface area contributed by atoms with Gasteiger partial charge in [0.15, 0.2) is 0 Å². The van der Waals surface area contributed by atoms with Crippen molar-refractivity contribution in [3.8, 4) is 0 Å². The van der Waals surface area contributed by atoms with Crippen LogP contribution >= 0.6 is 12.4 Å². The highest BCUT2D eigenvalue weighted by atomic mass is 35.5. The van der Waals surface area contributed by atoms with E-state index in [2.05, 4.69) is 0 Å². The van der Waals surface area contributed by atoms with Crippen LogP contribution in [0.15, 0.2) is 29.2 Å². The van der Waals surface area contributed by atoms with Crippen LogP contribution in [0.4, 0.5) is 0 Å². The van der Waals surface area contributed by atoms with Gasteiger partial charge in [0.1, 0.15) is 0 Å². The smallest absolute Gasteiger partial charge is 0.243 e. The molecule has 0 radical (unpaired) electrons. The summed E-state index contributed by atoms with van der Waals surface area (Å²) in [6.07, 6.45) is 1.47. The van der Waals surface area contributed by atoms with Crippen molar-refractivity contribution in [1.82, 2.24) is 4.31 Å². The Bertz CT molecular complexity index is 602. The van der Waals surface area contributed by atoms with E-state index in [4.69, 9.17) is 10.5 Å². The zero-order valence-corrected chi connectivity index (χ0v) is 15.6. The quantitative estimate of drug-likeness (QED) is 0.870. The molecule has 2 N–H and O–H groups in total. The lowest BCUT2D eigenvalue weighted by atomic mass is 9.81. The second kappa shape index (κ2) is 7.94. The van der Waals surface area contributed by atoms with Crippen molar-refractivity contribution < 1.29 is 13.2 Å². The van der Waals surface area contributed by atoms with Crippen LogP contribution in [0.2, 0.25) is 0 Å². The van der Waals surface area contributed by atoms with Crippen LogP contribution in [0.5, 0.6) is 0 Å². The second-order valence-corrected chi connectivity index (χ2v) is 8.55. The number of nitrogens with zero attached hydrogens (tertiary/aromatic N) is 1. The minimum Gasteiger partial charge on any atom is -0.384 e. The molecule has 1 fully saturated rings. The van der Waals surface area contributed by atoms with Crippen molar-refractivity contribution in [2.24, 2.45) is 11.1 Å².